The van der Waals surface area contributed by atoms with Gasteiger partial charge < -0.3 is 20.3 Å². The molecule has 3 saturated heterocycles. The number of morpholine rings is 1. The number of nitrogens with zero attached hydrogens (tertiary/aromatic N) is 1. The van der Waals surface area contributed by atoms with Crippen LogP contribution in [-0.2, 0) is 9.47 Å². The molecule has 3 fully saturated rings. The standard InChI is InChI=1S/C11H20N2O3/c1-2-15-11(14)13-7-3-6(5-12)4-8(13)10-9(7)16-10/h6-11,14H,2-5,12H2,1H3/t6?,7?,8?,9-,10+,11?. The zero-order valence-electron chi connectivity index (χ0n) is 9.58. The SMILES string of the molecule is CCOC(O)N1C2CC(CN)CC1[C@@H]1O[C@H]21. The topological polar surface area (TPSA) is 71.2 Å². The zero-order valence-corrected chi connectivity index (χ0v) is 9.58. The number of hydrogen-bond donors (Lipinski definition) is 2. The van der Waals surface area contributed by atoms with E-state index >= 15 is 0 Å². The average Bonchev–Trinajstić information content (AvgIpc) is 3.03. The van der Waals surface area contributed by atoms with Gasteiger partial charge in [0.15, 0.2) is 0 Å². The molecule has 0 radical (unpaired) electrons. The summed E-state index contributed by atoms with van der Waals surface area (Å²) in [7, 11) is 0. The molecule has 0 amide bonds. The number of piperidine rings is 1. The summed E-state index contributed by atoms with van der Waals surface area (Å²) in [5, 5.41) is 9.97. The molecule has 0 saturated carbocycles. The summed E-state index contributed by atoms with van der Waals surface area (Å²) in [5.41, 5.74) is 5.74. The fourth-order valence-corrected chi connectivity index (χ4v) is 3.39. The molecule has 6 atom stereocenters. The van der Waals surface area contributed by atoms with Gasteiger partial charge in [0.1, 0.15) is 12.2 Å². The quantitative estimate of drug-likeness (QED) is 0.501. The van der Waals surface area contributed by atoms with Gasteiger partial charge in [-0.25, -0.2) is 4.90 Å². The van der Waals surface area contributed by atoms with Crippen LogP contribution in [0.3, 0.4) is 0 Å². The van der Waals surface area contributed by atoms with Crippen molar-refractivity contribution in [2.45, 2.75) is 50.5 Å². The van der Waals surface area contributed by atoms with Crippen LogP contribution in [0, 0.1) is 5.92 Å². The summed E-state index contributed by atoms with van der Waals surface area (Å²) >= 11 is 0. The zero-order chi connectivity index (χ0) is 11.3. The van der Waals surface area contributed by atoms with Gasteiger partial charge in [-0.15, -0.1) is 0 Å². The Hall–Kier alpha value is -0.200. The lowest BCUT2D eigenvalue weighted by molar-refractivity contribution is -0.227. The van der Waals surface area contributed by atoms with E-state index in [4.69, 9.17) is 15.2 Å². The molecule has 0 aromatic carbocycles. The minimum atomic E-state index is -0.768. The van der Waals surface area contributed by atoms with Crippen molar-refractivity contribution >= 4 is 0 Å². The molecule has 0 aliphatic carbocycles. The number of rotatable bonds is 4. The number of aliphatic hydroxyl groups is 1. The molecule has 3 aliphatic heterocycles. The van der Waals surface area contributed by atoms with Crippen molar-refractivity contribution in [3.8, 4) is 0 Å². The molecule has 2 bridgehead atoms. The van der Waals surface area contributed by atoms with Crippen molar-refractivity contribution < 1.29 is 14.6 Å². The van der Waals surface area contributed by atoms with Crippen LogP contribution in [0.1, 0.15) is 19.8 Å². The molecule has 0 aromatic rings. The highest BCUT2D eigenvalue weighted by Gasteiger charge is 2.64. The number of aliphatic hydroxyl groups excluding tert-OH is 1. The number of fused-ring (bicyclic) bond motifs is 5. The smallest absolute Gasteiger partial charge is 0.216 e. The van der Waals surface area contributed by atoms with E-state index in [0.717, 1.165) is 19.4 Å². The van der Waals surface area contributed by atoms with Crippen LogP contribution in [0.2, 0.25) is 0 Å². The summed E-state index contributed by atoms with van der Waals surface area (Å²) in [6.07, 6.45) is 1.92. The van der Waals surface area contributed by atoms with Gasteiger partial charge in [0.2, 0.25) is 6.41 Å². The molecule has 16 heavy (non-hydrogen) atoms. The lowest BCUT2D eigenvalue weighted by Gasteiger charge is -2.42. The van der Waals surface area contributed by atoms with Crippen molar-refractivity contribution in [1.82, 2.24) is 4.90 Å². The van der Waals surface area contributed by atoms with Crippen LogP contribution in [0.5, 0.6) is 0 Å². The third kappa shape index (κ3) is 1.50. The maximum atomic E-state index is 9.97. The van der Waals surface area contributed by atoms with Gasteiger partial charge in [-0.2, -0.15) is 0 Å². The first-order chi connectivity index (χ1) is 7.76. The largest absolute Gasteiger partial charge is 0.366 e. The Balaban J connectivity index is 1.73. The Labute approximate surface area is 95.5 Å². The van der Waals surface area contributed by atoms with E-state index in [1.54, 1.807) is 0 Å². The van der Waals surface area contributed by atoms with Crippen LogP contribution < -0.4 is 5.73 Å². The van der Waals surface area contributed by atoms with Gasteiger partial charge in [-0.1, -0.05) is 0 Å². The minimum absolute atomic E-state index is 0.304. The van der Waals surface area contributed by atoms with Crippen molar-refractivity contribution in [2.75, 3.05) is 13.2 Å². The highest BCUT2D eigenvalue weighted by atomic mass is 16.6. The lowest BCUT2D eigenvalue weighted by Crippen LogP contribution is -2.54. The van der Waals surface area contributed by atoms with E-state index in [0.29, 0.717) is 36.8 Å². The van der Waals surface area contributed by atoms with Crippen LogP contribution >= 0.6 is 0 Å². The van der Waals surface area contributed by atoms with E-state index in [2.05, 4.69) is 4.90 Å². The Bertz CT molecular complexity index is 258. The molecule has 3 heterocycles. The molecular formula is C11H20N2O3. The Morgan fingerprint density at radius 3 is 2.56 bits per heavy atom. The molecule has 5 heteroatoms. The van der Waals surface area contributed by atoms with E-state index < -0.39 is 6.41 Å². The number of hydrogen-bond acceptors (Lipinski definition) is 5. The number of nitrogens with two attached hydrogens (primary N) is 1. The molecule has 3 rings (SSSR count). The van der Waals surface area contributed by atoms with Crippen molar-refractivity contribution in [3.63, 3.8) is 0 Å². The van der Waals surface area contributed by atoms with Crippen LogP contribution in [-0.4, -0.2) is 53.9 Å². The molecule has 3 aliphatic rings. The third-order valence-corrected chi connectivity index (χ3v) is 4.14. The Morgan fingerprint density at radius 2 is 2.06 bits per heavy atom. The van der Waals surface area contributed by atoms with Gasteiger partial charge >= 0.3 is 0 Å². The van der Waals surface area contributed by atoms with Gasteiger partial charge in [0.05, 0.1) is 0 Å². The fraction of sp³-hybridized carbons (Fsp3) is 1.00. The first-order valence-corrected chi connectivity index (χ1v) is 6.19. The first-order valence-electron chi connectivity index (χ1n) is 6.19. The van der Waals surface area contributed by atoms with Crippen LogP contribution in [0.25, 0.3) is 0 Å². The van der Waals surface area contributed by atoms with Gasteiger partial charge in [0, 0.05) is 18.7 Å². The average molecular weight is 228 g/mol. The second-order valence-electron chi connectivity index (χ2n) is 5.00. The summed E-state index contributed by atoms with van der Waals surface area (Å²) in [6.45, 7) is 3.17. The molecule has 3 N–H and O–H groups in total. The Kier molecular flexibility index (Phi) is 2.68. The second-order valence-corrected chi connectivity index (χ2v) is 5.00. The van der Waals surface area contributed by atoms with Gasteiger partial charge in [-0.3, -0.25) is 0 Å². The maximum Gasteiger partial charge on any atom is 0.216 e. The van der Waals surface area contributed by atoms with Gasteiger partial charge in [0.25, 0.3) is 0 Å². The predicted molar refractivity (Wildman–Crippen MR) is 57.5 cm³/mol. The molecule has 0 aromatic heterocycles. The molecule has 0 spiro atoms. The summed E-state index contributed by atoms with van der Waals surface area (Å²) in [5.74, 6) is 0.580. The highest BCUT2D eigenvalue weighted by Crippen LogP contribution is 2.50. The lowest BCUT2D eigenvalue weighted by atomic mass is 9.90. The van der Waals surface area contributed by atoms with Crippen LogP contribution in [0.4, 0.5) is 0 Å². The summed E-state index contributed by atoms with van der Waals surface area (Å²) in [4.78, 5) is 2.09. The highest BCUT2D eigenvalue weighted by molar-refractivity contribution is 5.14. The molecule has 92 valence electrons. The van der Waals surface area contributed by atoms with Gasteiger partial charge in [-0.05, 0) is 32.2 Å². The van der Waals surface area contributed by atoms with E-state index in [1.807, 2.05) is 6.92 Å². The fourth-order valence-electron chi connectivity index (χ4n) is 3.39. The maximum absolute atomic E-state index is 9.97. The van der Waals surface area contributed by atoms with Crippen molar-refractivity contribution in [3.05, 3.63) is 0 Å². The first kappa shape index (κ1) is 10.9. The summed E-state index contributed by atoms with van der Waals surface area (Å²) in [6, 6.07) is 0.609. The molecule has 4 unspecified atom stereocenters. The monoisotopic (exact) mass is 228 g/mol. The van der Waals surface area contributed by atoms with Crippen LogP contribution in [0.15, 0.2) is 0 Å². The molecular weight excluding hydrogens is 208 g/mol. The summed E-state index contributed by atoms with van der Waals surface area (Å²) < 4.78 is 10.9. The second kappa shape index (κ2) is 3.92. The minimum Gasteiger partial charge on any atom is -0.366 e. The Morgan fingerprint density at radius 1 is 1.44 bits per heavy atom. The van der Waals surface area contributed by atoms with E-state index in [1.165, 1.54) is 0 Å². The van der Waals surface area contributed by atoms with E-state index in [-0.39, 0.29) is 0 Å². The van der Waals surface area contributed by atoms with Crippen molar-refractivity contribution in [2.24, 2.45) is 11.7 Å². The number of epoxide rings is 1. The predicted octanol–water partition coefficient (Wildman–Crippen LogP) is -0.512. The third-order valence-electron chi connectivity index (χ3n) is 4.14. The van der Waals surface area contributed by atoms with Crippen molar-refractivity contribution in [1.29, 1.82) is 0 Å². The molecule has 5 nitrogen and oxygen atoms in total. The van der Waals surface area contributed by atoms with E-state index in [9.17, 15) is 5.11 Å². The normalized spacial score (nSPS) is 47.8. The number of ether oxygens (including phenoxy) is 2.